The Morgan fingerprint density at radius 2 is 1.72 bits per heavy atom. The van der Waals surface area contributed by atoms with Crippen LogP contribution in [0.5, 0.6) is 0 Å². The number of fused-ring (bicyclic) bond motifs is 3. The third-order valence-corrected chi connectivity index (χ3v) is 11.4. The van der Waals surface area contributed by atoms with Crippen molar-refractivity contribution in [3.8, 4) is 6.07 Å². The lowest BCUT2D eigenvalue weighted by Gasteiger charge is -2.58. The average Bonchev–Trinajstić information content (AvgIpc) is 3.06. The molecule has 0 aromatic carbocycles. The zero-order valence-electron chi connectivity index (χ0n) is 27.0. The molecular formula is C34H45N7O6. The molecule has 6 bridgehead atoms. The molecule has 4 aliphatic carbocycles. The number of ketones is 1. The van der Waals surface area contributed by atoms with E-state index in [0.717, 1.165) is 51.6 Å². The van der Waals surface area contributed by atoms with Crippen LogP contribution in [0.4, 0.5) is 5.69 Å². The number of likely N-dealkylation sites (N-methyl/N-ethyl adjacent to an activating group) is 1. The summed E-state index contributed by atoms with van der Waals surface area (Å²) in [5, 5.41) is 21.1. The van der Waals surface area contributed by atoms with Crippen molar-refractivity contribution in [3.05, 3.63) is 28.7 Å². The number of Topliss-reactive ketones (excluding diaryl/α,β-unsaturated/α-hetero) is 1. The highest BCUT2D eigenvalue weighted by atomic mass is 16.2. The van der Waals surface area contributed by atoms with E-state index in [4.69, 9.17) is 0 Å². The molecule has 252 valence electrons. The Bertz CT molecular complexity index is 1500. The molecule has 4 amide bonds. The number of anilines is 1. The number of hydrogen-bond acceptors (Lipinski definition) is 8. The molecule has 8 rings (SSSR count). The molecule has 4 heterocycles. The molecular weight excluding hydrogens is 602 g/mol. The highest BCUT2D eigenvalue weighted by Gasteiger charge is 2.58. The normalized spacial score (nSPS) is 32.1. The molecule has 1 aromatic heterocycles. The summed E-state index contributed by atoms with van der Waals surface area (Å²) in [6.07, 6.45) is 7.83. The minimum Gasteiger partial charge on any atom is -0.350 e. The van der Waals surface area contributed by atoms with Crippen molar-refractivity contribution in [3.63, 3.8) is 0 Å². The van der Waals surface area contributed by atoms with Crippen molar-refractivity contribution >= 4 is 35.1 Å². The fourth-order valence-corrected chi connectivity index (χ4v) is 9.20. The topological polar surface area (TPSA) is 182 Å². The van der Waals surface area contributed by atoms with Gasteiger partial charge in [0.2, 0.25) is 23.5 Å². The minimum absolute atomic E-state index is 0.0907. The number of nitrogens with zero attached hydrogens (tertiary/aromatic N) is 3. The standard InChI is InChI=1S/C34H45N7O6/c1-2-36-32(46)28(42)6-5-26(37-30(44)25-17-40-10-7-22(25)8-11-40)31(45)38-27-4-3-9-41(33(27)47)18-29(43)39-34(19-35)23-13-20-12-21(15-23)16-24(34)14-20/h3-4,9,20-26H,2,5-8,10-18H2,1H3,(H,36,46)(H,37,44)(H,38,45)(H,39,43)/t20?,21?,23?,24?,25?,26-,34?/m0/s1. The molecule has 0 spiro atoms. The van der Waals surface area contributed by atoms with Gasteiger partial charge in [-0.2, -0.15) is 5.26 Å². The molecule has 47 heavy (non-hydrogen) atoms. The quantitative estimate of drug-likeness (QED) is 0.242. The van der Waals surface area contributed by atoms with Crippen LogP contribution in [0.2, 0.25) is 0 Å². The second-order valence-corrected chi connectivity index (χ2v) is 14.3. The number of carbonyl (C=O) groups excluding carboxylic acids is 5. The molecule has 7 fully saturated rings. The first-order valence-corrected chi connectivity index (χ1v) is 17.2. The van der Waals surface area contributed by atoms with Gasteiger partial charge in [-0.1, -0.05) is 0 Å². The second kappa shape index (κ2) is 13.6. The number of carbonyl (C=O) groups is 5. The van der Waals surface area contributed by atoms with E-state index >= 15 is 0 Å². The second-order valence-electron chi connectivity index (χ2n) is 14.3. The number of pyridine rings is 1. The number of nitriles is 1. The molecule has 0 radical (unpaired) electrons. The van der Waals surface area contributed by atoms with Gasteiger partial charge in [0.25, 0.3) is 11.5 Å². The van der Waals surface area contributed by atoms with Crippen molar-refractivity contribution < 1.29 is 24.0 Å². The third kappa shape index (κ3) is 6.70. The summed E-state index contributed by atoms with van der Waals surface area (Å²) in [5.74, 6) is -1.48. The maximum atomic E-state index is 13.6. The average molecular weight is 648 g/mol. The molecule has 13 heteroatoms. The molecule has 4 N–H and O–H groups in total. The lowest BCUT2D eigenvalue weighted by Crippen LogP contribution is -2.65. The van der Waals surface area contributed by atoms with Gasteiger partial charge in [0.1, 0.15) is 23.8 Å². The van der Waals surface area contributed by atoms with Crippen LogP contribution in [0.3, 0.4) is 0 Å². The van der Waals surface area contributed by atoms with Crippen molar-refractivity contribution in [2.45, 2.75) is 82.8 Å². The zero-order chi connectivity index (χ0) is 33.3. The predicted octanol–water partition coefficient (Wildman–Crippen LogP) is 0.933. The van der Waals surface area contributed by atoms with Gasteiger partial charge in [-0.15, -0.1) is 0 Å². The fourth-order valence-electron chi connectivity index (χ4n) is 9.20. The van der Waals surface area contributed by atoms with Gasteiger partial charge in [0.15, 0.2) is 0 Å². The molecule has 1 aromatic rings. The van der Waals surface area contributed by atoms with Crippen LogP contribution in [0, 0.1) is 46.8 Å². The van der Waals surface area contributed by atoms with Crippen molar-refractivity contribution in [2.75, 3.05) is 31.5 Å². The third-order valence-electron chi connectivity index (χ3n) is 11.4. The SMILES string of the molecule is CCNC(=O)C(=O)CC[C@H](NC(=O)C1CN2CCC1CC2)C(=O)Nc1cccn(CC(=O)NC2(C#N)C3CC4CC(C3)CC2C4)c1=O. The summed E-state index contributed by atoms with van der Waals surface area (Å²) in [5.41, 5.74) is -1.63. The van der Waals surface area contributed by atoms with E-state index in [1.807, 2.05) is 0 Å². The van der Waals surface area contributed by atoms with E-state index < -0.39 is 40.6 Å². The van der Waals surface area contributed by atoms with Gasteiger partial charge in [0.05, 0.1) is 12.0 Å². The molecule has 2 atom stereocenters. The summed E-state index contributed by atoms with van der Waals surface area (Å²) < 4.78 is 1.19. The maximum Gasteiger partial charge on any atom is 0.287 e. The van der Waals surface area contributed by atoms with Gasteiger partial charge in [-0.3, -0.25) is 28.8 Å². The van der Waals surface area contributed by atoms with Crippen LogP contribution in [0.25, 0.3) is 0 Å². The number of amides is 4. The highest BCUT2D eigenvalue weighted by Crippen LogP contribution is 2.58. The van der Waals surface area contributed by atoms with Crippen LogP contribution in [-0.4, -0.2) is 76.6 Å². The molecule has 7 aliphatic rings. The van der Waals surface area contributed by atoms with Crippen LogP contribution in [-0.2, 0) is 30.5 Å². The van der Waals surface area contributed by atoms with E-state index in [0.29, 0.717) is 18.4 Å². The Kier molecular flexibility index (Phi) is 9.50. The van der Waals surface area contributed by atoms with E-state index in [-0.39, 0.29) is 61.2 Å². The minimum atomic E-state index is -1.17. The van der Waals surface area contributed by atoms with Crippen LogP contribution in [0.15, 0.2) is 23.1 Å². The van der Waals surface area contributed by atoms with Gasteiger partial charge in [0, 0.05) is 25.7 Å². The van der Waals surface area contributed by atoms with E-state index in [2.05, 4.69) is 32.2 Å². The summed E-state index contributed by atoms with van der Waals surface area (Å²) in [7, 11) is 0. The monoisotopic (exact) mass is 647 g/mol. The van der Waals surface area contributed by atoms with Crippen molar-refractivity contribution in [1.82, 2.24) is 25.4 Å². The lowest BCUT2D eigenvalue weighted by atomic mass is 9.49. The first-order chi connectivity index (χ1) is 22.6. The van der Waals surface area contributed by atoms with Crippen LogP contribution < -0.4 is 26.8 Å². The predicted molar refractivity (Wildman–Crippen MR) is 170 cm³/mol. The van der Waals surface area contributed by atoms with E-state index in [9.17, 15) is 34.0 Å². The summed E-state index contributed by atoms with van der Waals surface area (Å²) >= 11 is 0. The highest BCUT2D eigenvalue weighted by molar-refractivity contribution is 6.36. The Balaban J connectivity index is 1.13. The van der Waals surface area contributed by atoms with Crippen LogP contribution >= 0.6 is 0 Å². The number of nitrogens with one attached hydrogen (secondary N) is 4. The molecule has 4 saturated carbocycles. The van der Waals surface area contributed by atoms with Gasteiger partial charge >= 0.3 is 0 Å². The van der Waals surface area contributed by atoms with E-state index in [1.165, 1.54) is 29.3 Å². The fraction of sp³-hybridized carbons (Fsp3) is 0.676. The number of piperidine rings is 3. The van der Waals surface area contributed by atoms with Crippen molar-refractivity contribution in [1.29, 1.82) is 5.26 Å². The molecule has 1 unspecified atom stereocenters. The number of hydrogen-bond donors (Lipinski definition) is 4. The smallest absolute Gasteiger partial charge is 0.287 e. The largest absolute Gasteiger partial charge is 0.350 e. The first-order valence-electron chi connectivity index (χ1n) is 17.2. The van der Waals surface area contributed by atoms with Crippen LogP contribution in [0.1, 0.15) is 64.7 Å². The Morgan fingerprint density at radius 1 is 1.04 bits per heavy atom. The molecule has 3 aliphatic heterocycles. The zero-order valence-corrected chi connectivity index (χ0v) is 27.0. The van der Waals surface area contributed by atoms with Gasteiger partial charge in [-0.25, -0.2) is 0 Å². The van der Waals surface area contributed by atoms with E-state index in [1.54, 1.807) is 6.92 Å². The van der Waals surface area contributed by atoms with Gasteiger partial charge in [-0.05, 0) is 113 Å². The summed E-state index contributed by atoms with van der Waals surface area (Å²) in [6, 6.07) is 4.24. The summed E-state index contributed by atoms with van der Waals surface area (Å²) in [6.45, 7) is 4.14. The Hall–Kier alpha value is -4.05. The van der Waals surface area contributed by atoms with Crippen molar-refractivity contribution in [2.24, 2.45) is 35.5 Å². The molecule has 3 saturated heterocycles. The lowest BCUT2D eigenvalue weighted by molar-refractivity contribution is -0.138. The summed E-state index contributed by atoms with van der Waals surface area (Å²) in [4.78, 5) is 80.3. The number of rotatable bonds is 12. The van der Waals surface area contributed by atoms with Gasteiger partial charge < -0.3 is 30.7 Å². The Labute approximate surface area is 274 Å². The first kappa shape index (κ1) is 32.9. The number of aromatic nitrogens is 1. The maximum absolute atomic E-state index is 13.6. The molecule has 13 nitrogen and oxygen atoms in total. The Morgan fingerprint density at radius 3 is 2.32 bits per heavy atom.